The zero-order valence-electron chi connectivity index (χ0n) is 10.5. The summed E-state index contributed by atoms with van der Waals surface area (Å²) in [6, 6.07) is 8.26. The maximum Gasteiger partial charge on any atom is 0.131 e. The minimum atomic E-state index is -0.337. The molecule has 0 bridgehead atoms. The summed E-state index contributed by atoms with van der Waals surface area (Å²) in [5.74, 6) is 0.146. The molecule has 106 valence electrons. The molecule has 1 N–H and O–H groups in total. The molecule has 0 radical (unpaired) electrons. The minimum absolute atomic E-state index is 0.299. The lowest BCUT2D eigenvalue weighted by Crippen LogP contribution is -2.02. The molecule has 20 heavy (non-hydrogen) atoms. The van der Waals surface area contributed by atoms with E-state index in [9.17, 15) is 4.39 Å². The van der Waals surface area contributed by atoms with Crippen LogP contribution in [0.1, 0.15) is 5.56 Å². The molecule has 0 aliphatic carbocycles. The molecule has 2 aromatic rings. The van der Waals surface area contributed by atoms with Gasteiger partial charge in [0.15, 0.2) is 0 Å². The zero-order valence-corrected chi connectivity index (χ0v) is 13.6. The molecule has 0 aliphatic heterocycles. The molecule has 2 nitrogen and oxygen atoms in total. The summed E-state index contributed by atoms with van der Waals surface area (Å²) < 4.78 is 19.5. The second-order valence-corrected chi connectivity index (χ2v) is 5.64. The smallest absolute Gasteiger partial charge is 0.131 e. The molecule has 0 spiro atoms. The van der Waals surface area contributed by atoms with Gasteiger partial charge in [-0.15, -0.1) is 0 Å². The van der Waals surface area contributed by atoms with E-state index in [4.69, 9.17) is 27.9 Å². The second kappa shape index (κ2) is 6.66. The molecule has 2 aromatic carbocycles. The SMILES string of the molecule is COc1ccc(CNc2ccc(Br)c(Cl)c2Cl)c(F)c1. The van der Waals surface area contributed by atoms with Crippen molar-refractivity contribution in [1.29, 1.82) is 0 Å². The van der Waals surface area contributed by atoms with E-state index in [1.165, 1.54) is 13.2 Å². The molecule has 0 aliphatic rings. The van der Waals surface area contributed by atoms with Crippen molar-refractivity contribution in [3.05, 3.63) is 56.2 Å². The molecule has 0 unspecified atom stereocenters. The largest absolute Gasteiger partial charge is 0.497 e. The third-order valence-electron chi connectivity index (χ3n) is 2.76. The molecule has 0 aromatic heterocycles. The summed E-state index contributed by atoms with van der Waals surface area (Å²) in [5, 5.41) is 3.88. The highest BCUT2D eigenvalue weighted by molar-refractivity contribution is 9.10. The van der Waals surface area contributed by atoms with Crippen LogP contribution in [0.15, 0.2) is 34.8 Å². The van der Waals surface area contributed by atoms with Crippen LogP contribution in [-0.4, -0.2) is 7.11 Å². The number of hydrogen-bond acceptors (Lipinski definition) is 2. The Bertz CT molecular complexity index is 637. The molecule has 0 atom stereocenters. The average Bonchev–Trinajstić information content (AvgIpc) is 2.45. The summed E-state index contributed by atoms with van der Waals surface area (Å²) in [6.45, 7) is 0.299. The molecular weight excluding hydrogens is 368 g/mol. The summed E-state index contributed by atoms with van der Waals surface area (Å²) in [7, 11) is 1.50. The van der Waals surface area contributed by atoms with Crippen molar-refractivity contribution >= 4 is 44.8 Å². The van der Waals surface area contributed by atoms with Crippen LogP contribution >= 0.6 is 39.1 Å². The Morgan fingerprint density at radius 1 is 1.20 bits per heavy atom. The maximum absolute atomic E-state index is 13.8. The van der Waals surface area contributed by atoms with E-state index in [1.54, 1.807) is 24.3 Å². The van der Waals surface area contributed by atoms with E-state index < -0.39 is 0 Å². The molecule has 0 amide bonds. The van der Waals surface area contributed by atoms with E-state index in [1.807, 2.05) is 0 Å². The van der Waals surface area contributed by atoms with E-state index in [-0.39, 0.29) is 5.82 Å². The second-order valence-electron chi connectivity index (χ2n) is 4.03. The molecular formula is C14H11BrCl2FNO. The third-order valence-corrected chi connectivity index (χ3v) is 4.54. The number of halogens is 4. The number of nitrogens with one attached hydrogen (secondary N) is 1. The van der Waals surface area contributed by atoms with Crippen molar-refractivity contribution in [2.75, 3.05) is 12.4 Å². The Labute approximate surface area is 135 Å². The first-order valence-corrected chi connectivity index (χ1v) is 7.27. The number of benzene rings is 2. The lowest BCUT2D eigenvalue weighted by atomic mass is 10.2. The predicted molar refractivity (Wildman–Crippen MR) is 84.4 cm³/mol. The van der Waals surface area contributed by atoms with Gasteiger partial charge in [-0.1, -0.05) is 29.3 Å². The van der Waals surface area contributed by atoms with Gasteiger partial charge in [0.05, 0.1) is 22.8 Å². The Balaban J connectivity index is 2.15. The highest BCUT2D eigenvalue weighted by atomic mass is 79.9. The molecule has 6 heteroatoms. The monoisotopic (exact) mass is 377 g/mol. The van der Waals surface area contributed by atoms with Gasteiger partial charge in [-0.25, -0.2) is 4.39 Å². The van der Waals surface area contributed by atoms with Crippen molar-refractivity contribution < 1.29 is 9.13 Å². The quantitative estimate of drug-likeness (QED) is 0.707. The summed E-state index contributed by atoms with van der Waals surface area (Å²) in [5.41, 5.74) is 1.16. The lowest BCUT2D eigenvalue weighted by molar-refractivity contribution is 0.411. The first-order valence-electron chi connectivity index (χ1n) is 5.72. The van der Waals surface area contributed by atoms with Crippen molar-refractivity contribution in [3.63, 3.8) is 0 Å². The fourth-order valence-electron chi connectivity index (χ4n) is 1.65. The van der Waals surface area contributed by atoms with Crippen LogP contribution in [0.4, 0.5) is 10.1 Å². The first kappa shape index (κ1) is 15.4. The van der Waals surface area contributed by atoms with Gasteiger partial charge >= 0.3 is 0 Å². The van der Waals surface area contributed by atoms with Gasteiger partial charge in [-0.2, -0.15) is 0 Å². The van der Waals surface area contributed by atoms with Gasteiger partial charge in [-0.3, -0.25) is 0 Å². The molecule has 0 saturated heterocycles. The molecule has 0 heterocycles. The number of methoxy groups -OCH3 is 1. The van der Waals surface area contributed by atoms with Crippen LogP contribution in [0.25, 0.3) is 0 Å². The predicted octanol–water partition coefficient (Wildman–Crippen LogP) is 5.52. The van der Waals surface area contributed by atoms with Gasteiger partial charge in [0.25, 0.3) is 0 Å². The molecule has 0 saturated carbocycles. The van der Waals surface area contributed by atoms with E-state index in [0.29, 0.717) is 38.1 Å². The van der Waals surface area contributed by atoms with Gasteiger partial charge in [0, 0.05) is 22.6 Å². The van der Waals surface area contributed by atoms with E-state index in [2.05, 4.69) is 21.2 Å². The van der Waals surface area contributed by atoms with Crippen LogP contribution < -0.4 is 10.1 Å². The standard InChI is InChI=1S/C14H11BrCl2FNO/c1-20-9-3-2-8(11(18)6-9)7-19-12-5-4-10(15)13(16)14(12)17/h2-6,19H,7H2,1H3. The fourth-order valence-corrected chi connectivity index (χ4v) is 2.49. The van der Waals surface area contributed by atoms with Crippen LogP contribution in [0.5, 0.6) is 5.75 Å². The van der Waals surface area contributed by atoms with Gasteiger partial charge in [0.2, 0.25) is 0 Å². The Hall–Kier alpha value is -0.970. The van der Waals surface area contributed by atoms with Gasteiger partial charge in [-0.05, 0) is 34.1 Å². The highest BCUT2D eigenvalue weighted by Gasteiger charge is 2.09. The van der Waals surface area contributed by atoms with E-state index >= 15 is 0 Å². The number of anilines is 1. The van der Waals surface area contributed by atoms with Crippen molar-refractivity contribution in [1.82, 2.24) is 0 Å². The van der Waals surface area contributed by atoms with Crippen molar-refractivity contribution in [3.8, 4) is 5.75 Å². The van der Waals surface area contributed by atoms with Crippen LogP contribution in [0, 0.1) is 5.82 Å². The normalized spacial score (nSPS) is 10.4. The average molecular weight is 379 g/mol. The summed E-state index contributed by atoms with van der Waals surface area (Å²) >= 11 is 15.4. The minimum Gasteiger partial charge on any atom is -0.497 e. The summed E-state index contributed by atoms with van der Waals surface area (Å²) in [6.07, 6.45) is 0. The van der Waals surface area contributed by atoms with Crippen molar-refractivity contribution in [2.45, 2.75) is 6.54 Å². The van der Waals surface area contributed by atoms with Crippen LogP contribution in [0.2, 0.25) is 10.0 Å². The first-order chi connectivity index (χ1) is 9.52. The van der Waals surface area contributed by atoms with E-state index in [0.717, 1.165) is 0 Å². The number of rotatable bonds is 4. The van der Waals surface area contributed by atoms with Crippen LogP contribution in [0.3, 0.4) is 0 Å². The Morgan fingerprint density at radius 3 is 2.60 bits per heavy atom. The van der Waals surface area contributed by atoms with Crippen LogP contribution in [-0.2, 0) is 6.54 Å². The van der Waals surface area contributed by atoms with Crippen molar-refractivity contribution in [2.24, 2.45) is 0 Å². The number of ether oxygens (including phenoxy) is 1. The Kier molecular flexibility index (Phi) is 5.13. The summed E-state index contributed by atoms with van der Waals surface area (Å²) in [4.78, 5) is 0. The van der Waals surface area contributed by atoms with Gasteiger partial charge in [0.1, 0.15) is 11.6 Å². The molecule has 2 rings (SSSR count). The Morgan fingerprint density at radius 2 is 1.95 bits per heavy atom. The third kappa shape index (κ3) is 3.37. The topological polar surface area (TPSA) is 21.3 Å². The maximum atomic E-state index is 13.8. The van der Waals surface area contributed by atoms with Gasteiger partial charge < -0.3 is 10.1 Å². The fraction of sp³-hybridized carbons (Fsp3) is 0.143. The number of hydrogen-bond donors (Lipinski definition) is 1. The lowest BCUT2D eigenvalue weighted by Gasteiger charge is -2.11. The zero-order chi connectivity index (χ0) is 14.7. The highest BCUT2D eigenvalue weighted by Crippen LogP contribution is 2.36. The molecule has 0 fully saturated rings.